The predicted octanol–water partition coefficient (Wildman–Crippen LogP) is 1.81. The van der Waals surface area contributed by atoms with Crippen LogP contribution in [0.15, 0.2) is 23.3 Å². The zero-order valence-electron chi connectivity index (χ0n) is 12.1. The monoisotopic (exact) mass is 281 g/mol. The van der Waals surface area contributed by atoms with Crippen LogP contribution in [-0.4, -0.2) is 22.7 Å². The van der Waals surface area contributed by atoms with Crippen molar-refractivity contribution >= 4 is 17.5 Å². The van der Waals surface area contributed by atoms with Gasteiger partial charge in [0.05, 0.1) is 11.8 Å². The molecule has 1 saturated carbocycles. The molecule has 1 fully saturated rings. The minimum absolute atomic E-state index is 0.0138. The molecule has 21 heavy (non-hydrogen) atoms. The van der Waals surface area contributed by atoms with Gasteiger partial charge in [-0.25, -0.2) is 4.98 Å². The number of rotatable bonds is 1. The molecule has 4 rings (SSSR count). The fourth-order valence-corrected chi connectivity index (χ4v) is 3.17. The first kappa shape index (κ1) is 13.6. The third-order valence-corrected chi connectivity index (χ3v) is 4.41. The second-order valence-corrected chi connectivity index (χ2v) is 5.69. The molecule has 0 spiro atoms. The van der Waals surface area contributed by atoms with Crippen LogP contribution in [0.1, 0.15) is 31.2 Å². The standard InChI is InChI=1S/C16H19N5/c1-19-13-9-11-4-7-16(13,8-5-11)6-2-3-12-10-20-15(18)21-14(12)17/h4,7,10-11H,5-6,8-9H2,1H3,(H4,17,18,20,21)/b19-13+. The van der Waals surface area contributed by atoms with Gasteiger partial charge in [0.15, 0.2) is 0 Å². The Bertz CT molecular complexity index is 680. The lowest BCUT2D eigenvalue weighted by Crippen LogP contribution is -2.38. The highest BCUT2D eigenvalue weighted by atomic mass is 15.0. The molecule has 0 radical (unpaired) electrons. The largest absolute Gasteiger partial charge is 0.382 e. The van der Waals surface area contributed by atoms with Gasteiger partial charge in [0.2, 0.25) is 5.95 Å². The average Bonchev–Trinajstić information content (AvgIpc) is 2.50. The topological polar surface area (TPSA) is 90.2 Å². The van der Waals surface area contributed by atoms with E-state index in [-0.39, 0.29) is 11.4 Å². The fraction of sp³-hybridized carbons (Fsp3) is 0.438. The molecular weight excluding hydrogens is 262 g/mol. The highest BCUT2D eigenvalue weighted by Gasteiger charge is 2.40. The van der Waals surface area contributed by atoms with E-state index in [0.29, 0.717) is 17.3 Å². The van der Waals surface area contributed by atoms with Gasteiger partial charge in [-0.15, -0.1) is 0 Å². The van der Waals surface area contributed by atoms with Gasteiger partial charge in [0, 0.05) is 24.6 Å². The summed E-state index contributed by atoms with van der Waals surface area (Å²) in [4.78, 5) is 12.3. The van der Waals surface area contributed by atoms with Crippen molar-refractivity contribution in [2.75, 3.05) is 18.5 Å². The summed E-state index contributed by atoms with van der Waals surface area (Å²) in [6.07, 6.45) is 10.4. The minimum atomic E-state index is 0.0138. The van der Waals surface area contributed by atoms with Crippen molar-refractivity contribution in [3.8, 4) is 11.8 Å². The van der Waals surface area contributed by atoms with Crippen LogP contribution in [0.2, 0.25) is 0 Å². The van der Waals surface area contributed by atoms with Crippen molar-refractivity contribution in [2.24, 2.45) is 16.3 Å². The maximum absolute atomic E-state index is 5.80. The normalized spacial score (nSPS) is 28.4. The smallest absolute Gasteiger partial charge is 0.221 e. The molecule has 0 aromatic carbocycles. The number of fused-ring (bicyclic) bond motifs is 2. The van der Waals surface area contributed by atoms with Crippen LogP contribution in [-0.2, 0) is 0 Å². The van der Waals surface area contributed by atoms with E-state index in [9.17, 15) is 0 Å². The van der Waals surface area contributed by atoms with Crippen molar-refractivity contribution in [2.45, 2.75) is 25.7 Å². The quantitative estimate of drug-likeness (QED) is 0.606. The molecule has 2 bridgehead atoms. The van der Waals surface area contributed by atoms with Crippen molar-refractivity contribution in [1.82, 2.24) is 9.97 Å². The molecule has 1 aromatic rings. The third kappa shape index (κ3) is 2.49. The van der Waals surface area contributed by atoms with Gasteiger partial charge in [-0.3, -0.25) is 4.99 Å². The summed E-state index contributed by atoms with van der Waals surface area (Å²) in [5.41, 5.74) is 13.2. The number of allylic oxidation sites excluding steroid dienone is 2. The Hall–Kier alpha value is -2.35. The first-order chi connectivity index (χ1) is 10.1. The number of aliphatic imine (C=N–C) groups is 1. The maximum atomic E-state index is 5.80. The molecule has 5 nitrogen and oxygen atoms in total. The Labute approximate surface area is 124 Å². The lowest BCUT2D eigenvalue weighted by atomic mass is 9.62. The van der Waals surface area contributed by atoms with Crippen molar-refractivity contribution < 1.29 is 0 Å². The third-order valence-electron chi connectivity index (χ3n) is 4.41. The van der Waals surface area contributed by atoms with Gasteiger partial charge in [-0.05, 0) is 25.2 Å². The Morgan fingerprint density at radius 3 is 3.00 bits per heavy atom. The van der Waals surface area contributed by atoms with Crippen LogP contribution in [0, 0.1) is 23.2 Å². The molecule has 2 atom stereocenters. The summed E-state index contributed by atoms with van der Waals surface area (Å²) in [7, 11) is 1.88. The zero-order chi connectivity index (χ0) is 14.9. The SMILES string of the molecule is C/N=C1\CC2C=CC1(CC#Cc1cnc(N)nc1N)CC2. The van der Waals surface area contributed by atoms with E-state index in [1.807, 2.05) is 7.05 Å². The lowest BCUT2D eigenvalue weighted by Gasteiger charge is -2.42. The van der Waals surface area contributed by atoms with Crippen LogP contribution in [0.25, 0.3) is 0 Å². The number of nitrogens with two attached hydrogens (primary N) is 2. The molecule has 2 unspecified atom stereocenters. The van der Waals surface area contributed by atoms with E-state index in [2.05, 4.69) is 39.0 Å². The summed E-state index contributed by atoms with van der Waals surface area (Å²) in [6, 6.07) is 0. The maximum Gasteiger partial charge on any atom is 0.221 e. The second-order valence-electron chi connectivity index (χ2n) is 5.69. The molecule has 108 valence electrons. The number of nitrogen functional groups attached to an aromatic ring is 2. The van der Waals surface area contributed by atoms with Gasteiger partial charge in [-0.1, -0.05) is 24.0 Å². The van der Waals surface area contributed by atoms with Gasteiger partial charge in [0.25, 0.3) is 0 Å². The van der Waals surface area contributed by atoms with Crippen molar-refractivity contribution in [1.29, 1.82) is 0 Å². The lowest BCUT2D eigenvalue weighted by molar-refractivity contribution is 0.357. The van der Waals surface area contributed by atoms with Gasteiger partial charge >= 0.3 is 0 Å². The number of nitrogens with zero attached hydrogens (tertiary/aromatic N) is 3. The van der Waals surface area contributed by atoms with Crippen LogP contribution in [0.3, 0.4) is 0 Å². The Morgan fingerprint density at radius 1 is 1.48 bits per heavy atom. The average molecular weight is 281 g/mol. The molecule has 3 aliphatic rings. The van der Waals surface area contributed by atoms with E-state index in [1.54, 1.807) is 6.20 Å². The summed E-state index contributed by atoms with van der Waals surface area (Å²) in [5, 5.41) is 0. The van der Waals surface area contributed by atoms with Crippen LogP contribution >= 0.6 is 0 Å². The summed E-state index contributed by atoms with van der Waals surface area (Å²) < 4.78 is 0. The number of hydrogen-bond acceptors (Lipinski definition) is 5. The molecule has 1 heterocycles. The van der Waals surface area contributed by atoms with Gasteiger partial charge in [-0.2, -0.15) is 4.98 Å². The minimum Gasteiger partial charge on any atom is -0.382 e. The molecule has 0 aliphatic heterocycles. The summed E-state index contributed by atoms with van der Waals surface area (Å²) in [5.74, 6) is 7.46. The fourth-order valence-electron chi connectivity index (χ4n) is 3.17. The van der Waals surface area contributed by atoms with Gasteiger partial charge < -0.3 is 11.5 Å². The number of hydrogen-bond donors (Lipinski definition) is 2. The summed E-state index contributed by atoms with van der Waals surface area (Å²) >= 11 is 0. The molecule has 1 aromatic heterocycles. The van der Waals surface area contributed by atoms with E-state index >= 15 is 0 Å². The molecule has 5 heteroatoms. The molecule has 4 N–H and O–H groups in total. The van der Waals surface area contributed by atoms with E-state index in [4.69, 9.17) is 11.5 Å². The van der Waals surface area contributed by atoms with Crippen LogP contribution in [0.4, 0.5) is 11.8 Å². The molecule has 0 saturated heterocycles. The molecule has 3 aliphatic carbocycles. The zero-order valence-corrected chi connectivity index (χ0v) is 12.1. The molecular formula is C16H19N5. The van der Waals surface area contributed by atoms with Crippen LogP contribution < -0.4 is 11.5 Å². The first-order valence-electron chi connectivity index (χ1n) is 7.15. The Kier molecular flexibility index (Phi) is 3.38. The van der Waals surface area contributed by atoms with E-state index in [1.165, 1.54) is 12.1 Å². The highest BCUT2D eigenvalue weighted by Crippen LogP contribution is 2.45. The second kappa shape index (κ2) is 5.21. The predicted molar refractivity (Wildman–Crippen MR) is 84.6 cm³/mol. The van der Waals surface area contributed by atoms with Gasteiger partial charge in [0.1, 0.15) is 5.82 Å². The Balaban J connectivity index is 1.83. The van der Waals surface area contributed by atoms with E-state index in [0.717, 1.165) is 19.3 Å². The summed E-state index contributed by atoms with van der Waals surface area (Å²) in [6.45, 7) is 0. The van der Waals surface area contributed by atoms with Crippen molar-refractivity contribution in [3.05, 3.63) is 23.9 Å². The van der Waals surface area contributed by atoms with Crippen molar-refractivity contribution in [3.63, 3.8) is 0 Å². The highest BCUT2D eigenvalue weighted by molar-refractivity contribution is 5.94. The number of anilines is 2. The van der Waals surface area contributed by atoms with Crippen LogP contribution in [0.5, 0.6) is 0 Å². The Morgan fingerprint density at radius 2 is 2.33 bits per heavy atom. The van der Waals surface area contributed by atoms with E-state index < -0.39 is 0 Å². The number of aromatic nitrogens is 2. The molecule has 0 amide bonds. The first-order valence-corrected chi connectivity index (χ1v) is 7.15.